The molecule has 0 amide bonds. The predicted molar refractivity (Wildman–Crippen MR) is 62.2 cm³/mol. The Morgan fingerprint density at radius 3 is 2.74 bits per heavy atom. The zero-order valence-electron chi connectivity index (χ0n) is 10.2. The number of rotatable bonds is 2. The number of nitrogens with zero attached hydrogens (tertiary/aromatic N) is 1. The molecule has 2 N–H and O–H groups in total. The van der Waals surface area contributed by atoms with Crippen molar-refractivity contribution in [2.45, 2.75) is 43.7 Å². The van der Waals surface area contributed by atoms with E-state index in [1.54, 1.807) is 0 Å². The van der Waals surface area contributed by atoms with Gasteiger partial charge in [0.2, 0.25) is 0 Å². The largest absolute Gasteiger partial charge is 0.416 e. The van der Waals surface area contributed by atoms with E-state index in [-0.39, 0.29) is 23.7 Å². The second-order valence-electron chi connectivity index (χ2n) is 5.26. The van der Waals surface area contributed by atoms with E-state index in [1.165, 1.54) is 6.20 Å². The highest BCUT2D eigenvalue weighted by Crippen LogP contribution is 2.45. The van der Waals surface area contributed by atoms with Gasteiger partial charge in [-0.2, -0.15) is 13.2 Å². The van der Waals surface area contributed by atoms with Crippen molar-refractivity contribution in [2.24, 2.45) is 11.7 Å². The number of alkyl halides is 3. The van der Waals surface area contributed by atoms with Crippen LogP contribution in [0.5, 0.6) is 0 Å². The van der Waals surface area contributed by atoms with Crippen molar-refractivity contribution in [3.05, 3.63) is 29.6 Å². The van der Waals surface area contributed by atoms with Gasteiger partial charge in [-0.1, -0.05) is 0 Å². The van der Waals surface area contributed by atoms with Gasteiger partial charge in [0.1, 0.15) is 0 Å². The third kappa shape index (κ3) is 2.23. The Kier molecular flexibility index (Phi) is 3.02. The molecule has 6 heteroatoms. The third-order valence-electron chi connectivity index (χ3n) is 4.13. The first kappa shape index (κ1) is 12.9. The van der Waals surface area contributed by atoms with E-state index >= 15 is 0 Å². The van der Waals surface area contributed by atoms with E-state index < -0.39 is 17.8 Å². The number of ether oxygens (including phenoxy) is 1. The summed E-state index contributed by atoms with van der Waals surface area (Å²) in [6.45, 7) is 0. The van der Waals surface area contributed by atoms with E-state index in [1.807, 2.05) is 0 Å². The first-order valence-electron chi connectivity index (χ1n) is 6.39. The lowest BCUT2D eigenvalue weighted by Crippen LogP contribution is -2.31. The highest BCUT2D eigenvalue weighted by atomic mass is 19.4. The molecule has 0 aromatic carbocycles. The van der Waals surface area contributed by atoms with Gasteiger partial charge in [0.05, 0.1) is 17.8 Å². The average Bonchev–Trinajstić information content (AvgIpc) is 2.99. The molecule has 4 unspecified atom stereocenters. The minimum absolute atomic E-state index is 0.00119. The topological polar surface area (TPSA) is 48.1 Å². The van der Waals surface area contributed by atoms with E-state index in [0.29, 0.717) is 0 Å². The summed E-state index contributed by atoms with van der Waals surface area (Å²) in [5.41, 5.74) is 5.46. The van der Waals surface area contributed by atoms with Crippen LogP contribution < -0.4 is 5.73 Å². The van der Waals surface area contributed by atoms with Gasteiger partial charge in [0.15, 0.2) is 0 Å². The maximum atomic E-state index is 13.0. The van der Waals surface area contributed by atoms with Gasteiger partial charge in [-0.05, 0) is 30.9 Å². The van der Waals surface area contributed by atoms with Crippen LogP contribution in [0.15, 0.2) is 18.5 Å². The molecule has 0 aliphatic carbocycles. The molecule has 3 heterocycles. The number of pyridine rings is 1. The number of nitrogens with two attached hydrogens (primary N) is 1. The fourth-order valence-corrected chi connectivity index (χ4v) is 3.22. The van der Waals surface area contributed by atoms with Gasteiger partial charge in [-0.3, -0.25) is 4.98 Å². The van der Waals surface area contributed by atoms with Crippen molar-refractivity contribution >= 4 is 0 Å². The molecule has 0 saturated carbocycles. The molecule has 19 heavy (non-hydrogen) atoms. The highest BCUT2D eigenvalue weighted by molar-refractivity contribution is 5.30. The molecule has 1 aromatic heterocycles. The predicted octanol–water partition coefficient (Wildman–Crippen LogP) is 2.67. The number of hydrogen-bond donors (Lipinski definition) is 1. The van der Waals surface area contributed by atoms with Crippen LogP contribution in [0.3, 0.4) is 0 Å². The molecule has 2 saturated heterocycles. The minimum atomic E-state index is -4.39. The zero-order valence-corrected chi connectivity index (χ0v) is 10.2. The molecule has 2 bridgehead atoms. The van der Waals surface area contributed by atoms with E-state index in [2.05, 4.69) is 4.98 Å². The smallest absolute Gasteiger partial charge is 0.375 e. The summed E-state index contributed by atoms with van der Waals surface area (Å²) in [5, 5.41) is 0. The highest BCUT2D eigenvalue weighted by Gasteiger charge is 2.45. The standard InChI is InChI=1S/C13H15F3N2O/c14-13(15,16)10-3-4-18-6-9(10)12(17)8-5-7-1-2-11(8)19-7/h3-4,6-8,11-12H,1-2,5,17H2. The van der Waals surface area contributed by atoms with Gasteiger partial charge < -0.3 is 10.5 Å². The lowest BCUT2D eigenvalue weighted by molar-refractivity contribution is -0.138. The van der Waals surface area contributed by atoms with Crippen molar-refractivity contribution in [1.82, 2.24) is 4.98 Å². The first-order valence-corrected chi connectivity index (χ1v) is 6.39. The first-order chi connectivity index (χ1) is 8.97. The lowest BCUT2D eigenvalue weighted by atomic mass is 9.81. The number of halogens is 3. The summed E-state index contributed by atoms with van der Waals surface area (Å²) < 4.78 is 44.6. The van der Waals surface area contributed by atoms with Gasteiger partial charge in [0.25, 0.3) is 0 Å². The summed E-state index contributed by atoms with van der Waals surface area (Å²) in [4.78, 5) is 3.79. The van der Waals surface area contributed by atoms with E-state index in [0.717, 1.165) is 31.5 Å². The molecule has 104 valence electrons. The van der Waals surface area contributed by atoms with Crippen LogP contribution in [-0.4, -0.2) is 17.2 Å². The molecule has 2 aliphatic rings. The summed E-state index contributed by atoms with van der Waals surface area (Å²) in [6, 6.07) is 0.323. The normalized spacial score (nSPS) is 31.7. The quantitative estimate of drug-likeness (QED) is 0.900. The van der Waals surface area contributed by atoms with Crippen LogP contribution in [0.25, 0.3) is 0 Å². The van der Waals surface area contributed by atoms with Crippen molar-refractivity contribution in [3.8, 4) is 0 Å². The Morgan fingerprint density at radius 2 is 2.16 bits per heavy atom. The Morgan fingerprint density at radius 1 is 1.37 bits per heavy atom. The molecule has 0 radical (unpaired) electrons. The molecule has 2 aliphatic heterocycles. The van der Waals surface area contributed by atoms with Crippen molar-refractivity contribution in [1.29, 1.82) is 0 Å². The van der Waals surface area contributed by atoms with E-state index in [4.69, 9.17) is 10.5 Å². The van der Waals surface area contributed by atoms with Crippen LogP contribution in [0.2, 0.25) is 0 Å². The molecule has 1 aromatic rings. The zero-order chi connectivity index (χ0) is 13.6. The fraction of sp³-hybridized carbons (Fsp3) is 0.615. The fourth-order valence-electron chi connectivity index (χ4n) is 3.22. The van der Waals surface area contributed by atoms with Gasteiger partial charge in [-0.15, -0.1) is 0 Å². The number of aromatic nitrogens is 1. The molecule has 3 nitrogen and oxygen atoms in total. The Balaban J connectivity index is 1.90. The summed E-state index contributed by atoms with van der Waals surface area (Å²) in [7, 11) is 0. The van der Waals surface area contributed by atoms with Crippen LogP contribution in [-0.2, 0) is 10.9 Å². The van der Waals surface area contributed by atoms with Gasteiger partial charge in [0, 0.05) is 24.4 Å². The van der Waals surface area contributed by atoms with Gasteiger partial charge in [-0.25, -0.2) is 0 Å². The Labute approximate surface area is 109 Å². The molecule has 3 rings (SSSR count). The second kappa shape index (κ2) is 4.45. The number of hydrogen-bond acceptors (Lipinski definition) is 3. The maximum Gasteiger partial charge on any atom is 0.416 e. The number of fused-ring (bicyclic) bond motifs is 2. The molecule has 4 atom stereocenters. The van der Waals surface area contributed by atoms with Crippen molar-refractivity contribution in [2.75, 3.05) is 0 Å². The Bertz CT molecular complexity index is 477. The average molecular weight is 272 g/mol. The SMILES string of the molecule is NC(c1cnccc1C(F)(F)F)C1CC2CCC1O2. The van der Waals surface area contributed by atoms with Gasteiger partial charge >= 0.3 is 6.18 Å². The molecular formula is C13H15F3N2O. The lowest BCUT2D eigenvalue weighted by Gasteiger charge is -2.27. The summed E-state index contributed by atoms with van der Waals surface area (Å²) in [5.74, 6) is -0.0379. The molecule has 2 fully saturated rings. The van der Waals surface area contributed by atoms with Crippen molar-refractivity contribution in [3.63, 3.8) is 0 Å². The van der Waals surface area contributed by atoms with E-state index in [9.17, 15) is 13.2 Å². The summed E-state index contributed by atoms with van der Waals surface area (Å²) in [6.07, 6.45) is 0.799. The van der Waals surface area contributed by atoms with Crippen molar-refractivity contribution < 1.29 is 17.9 Å². The van der Waals surface area contributed by atoms with Crippen LogP contribution >= 0.6 is 0 Å². The van der Waals surface area contributed by atoms with Crippen LogP contribution in [0.1, 0.15) is 36.4 Å². The minimum Gasteiger partial charge on any atom is -0.375 e. The molecule has 0 spiro atoms. The third-order valence-corrected chi connectivity index (χ3v) is 4.13. The second-order valence-corrected chi connectivity index (χ2v) is 5.26. The van der Waals surface area contributed by atoms with Crippen LogP contribution in [0.4, 0.5) is 13.2 Å². The molecular weight excluding hydrogens is 257 g/mol. The summed E-state index contributed by atoms with van der Waals surface area (Å²) >= 11 is 0. The monoisotopic (exact) mass is 272 g/mol. The van der Waals surface area contributed by atoms with Crippen LogP contribution in [0, 0.1) is 5.92 Å². The Hall–Kier alpha value is -1.14. The maximum absolute atomic E-state index is 13.0.